The summed E-state index contributed by atoms with van der Waals surface area (Å²) in [5, 5.41) is 4.78. The Bertz CT molecular complexity index is 420. The largest absolute Gasteiger partial charge is 0.444 e. The van der Waals surface area contributed by atoms with E-state index in [1.807, 2.05) is 0 Å². The SMILES string of the molecule is COCCOCCN=C(NC(=O)OC(C)(C)C)NC(=O)OC(C)(C)C. The summed E-state index contributed by atoms with van der Waals surface area (Å²) >= 11 is 0. The first kappa shape index (κ1) is 23.1. The van der Waals surface area contributed by atoms with E-state index in [1.54, 1.807) is 48.7 Å². The number of alkyl carbamates (subject to hydrolysis) is 2. The first-order chi connectivity index (χ1) is 11.4. The van der Waals surface area contributed by atoms with E-state index in [2.05, 4.69) is 15.6 Å². The highest BCUT2D eigenvalue weighted by Crippen LogP contribution is 2.07. The molecular formula is C16H31N3O6. The fraction of sp³-hybridized carbons (Fsp3) is 0.812. The van der Waals surface area contributed by atoms with Crippen molar-refractivity contribution in [3.8, 4) is 0 Å². The van der Waals surface area contributed by atoms with Gasteiger partial charge in [0, 0.05) is 7.11 Å². The Morgan fingerprint density at radius 3 is 1.72 bits per heavy atom. The van der Waals surface area contributed by atoms with Crippen molar-refractivity contribution in [3.63, 3.8) is 0 Å². The molecule has 9 heteroatoms. The molecule has 9 nitrogen and oxygen atoms in total. The highest BCUT2D eigenvalue weighted by atomic mass is 16.6. The molecule has 0 aliphatic heterocycles. The molecule has 0 heterocycles. The summed E-state index contributed by atoms with van der Waals surface area (Å²) < 4.78 is 20.4. The number of carbonyl (C=O) groups is 2. The van der Waals surface area contributed by atoms with E-state index in [0.29, 0.717) is 19.8 Å². The van der Waals surface area contributed by atoms with E-state index in [1.165, 1.54) is 0 Å². The first-order valence-electron chi connectivity index (χ1n) is 8.04. The summed E-state index contributed by atoms with van der Waals surface area (Å²) in [5.74, 6) is -0.0705. The molecule has 0 unspecified atom stereocenters. The topological polar surface area (TPSA) is 107 Å². The maximum absolute atomic E-state index is 11.9. The molecule has 2 N–H and O–H groups in total. The van der Waals surface area contributed by atoms with Gasteiger partial charge in [-0.1, -0.05) is 0 Å². The van der Waals surface area contributed by atoms with Crippen molar-refractivity contribution < 1.29 is 28.5 Å². The van der Waals surface area contributed by atoms with Gasteiger partial charge in [-0.05, 0) is 41.5 Å². The summed E-state index contributed by atoms with van der Waals surface area (Å²) in [5.41, 5.74) is -1.35. The number of hydrogen-bond acceptors (Lipinski definition) is 7. The van der Waals surface area contributed by atoms with Gasteiger partial charge in [0.05, 0.1) is 26.4 Å². The summed E-state index contributed by atoms with van der Waals surface area (Å²) in [7, 11) is 1.58. The zero-order valence-electron chi connectivity index (χ0n) is 16.2. The van der Waals surface area contributed by atoms with E-state index < -0.39 is 23.4 Å². The Kier molecular flexibility index (Phi) is 10.1. The number of methoxy groups -OCH3 is 1. The molecule has 0 spiro atoms. The Balaban J connectivity index is 4.69. The lowest BCUT2D eigenvalue weighted by Gasteiger charge is -2.22. The van der Waals surface area contributed by atoms with Gasteiger partial charge in [0.1, 0.15) is 11.2 Å². The zero-order chi connectivity index (χ0) is 19.5. The summed E-state index contributed by atoms with van der Waals surface area (Å²) in [6, 6.07) is 0. The van der Waals surface area contributed by atoms with Crippen LogP contribution in [0, 0.1) is 0 Å². The number of nitrogens with zero attached hydrogens (tertiary/aromatic N) is 1. The van der Waals surface area contributed by atoms with Gasteiger partial charge in [0.25, 0.3) is 0 Å². The number of nitrogens with one attached hydrogen (secondary N) is 2. The number of rotatable bonds is 6. The highest BCUT2D eigenvalue weighted by Gasteiger charge is 2.21. The molecule has 0 bridgehead atoms. The smallest absolute Gasteiger partial charge is 0.414 e. The molecule has 0 aromatic heterocycles. The Morgan fingerprint density at radius 2 is 1.32 bits per heavy atom. The maximum atomic E-state index is 11.9. The second kappa shape index (κ2) is 10.9. The van der Waals surface area contributed by atoms with E-state index in [4.69, 9.17) is 18.9 Å². The number of ether oxygens (including phenoxy) is 4. The molecule has 0 aliphatic carbocycles. The van der Waals surface area contributed by atoms with Crippen LogP contribution in [0.5, 0.6) is 0 Å². The molecule has 0 aromatic rings. The number of carbonyl (C=O) groups excluding carboxylic acids is 2. The van der Waals surface area contributed by atoms with Crippen molar-refractivity contribution in [2.24, 2.45) is 4.99 Å². The Labute approximate surface area is 149 Å². The molecule has 0 saturated heterocycles. The second-order valence-electron chi connectivity index (χ2n) is 7.09. The van der Waals surface area contributed by atoms with Crippen LogP contribution in [-0.4, -0.2) is 62.8 Å². The van der Waals surface area contributed by atoms with Gasteiger partial charge in [0.2, 0.25) is 5.96 Å². The lowest BCUT2D eigenvalue weighted by Crippen LogP contribution is -2.47. The van der Waals surface area contributed by atoms with Crippen molar-refractivity contribution in [2.75, 3.05) is 33.5 Å². The van der Waals surface area contributed by atoms with Crippen LogP contribution in [0.25, 0.3) is 0 Å². The number of aliphatic imine (C=N–C) groups is 1. The number of amides is 2. The second-order valence-corrected chi connectivity index (χ2v) is 7.09. The molecule has 0 aliphatic rings. The number of guanidine groups is 1. The predicted octanol–water partition coefficient (Wildman–Crippen LogP) is 2.05. The lowest BCUT2D eigenvalue weighted by atomic mass is 10.2. The molecule has 0 saturated carbocycles. The first-order valence-corrected chi connectivity index (χ1v) is 8.04. The van der Waals surface area contributed by atoms with Crippen molar-refractivity contribution in [2.45, 2.75) is 52.7 Å². The van der Waals surface area contributed by atoms with Gasteiger partial charge in [-0.2, -0.15) is 0 Å². The minimum absolute atomic E-state index is 0.0705. The van der Waals surface area contributed by atoms with Gasteiger partial charge >= 0.3 is 12.2 Å². The Hall–Kier alpha value is -1.87. The zero-order valence-corrected chi connectivity index (χ0v) is 16.2. The molecule has 0 fully saturated rings. The van der Waals surface area contributed by atoms with Crippen molar-refractivity contribution >= 4 is 18.1 Å². The molecule has 0 atom stereocenters. The van der Waals surface area contributed by atoms with Gasteiger partial charge < -0.3 is 18.9 Å². The maximum Gasteiger partial charge on any atom is 0.414 e. The third-order valence-corrected chi connectivity index (χ3v) is 2.18. The third kappa shape index (κ3) is 15.4. The number of hydrogen-bond donors (Lipinski definition) is 2. The van der Waals surface area contributed by atoms with E-state index in [9.17, 15) is 9.59 Å². The van der Waals surface area contributed by atoms with Crippen LogP contribution in [0.3, 0.4) is 0 Å². The quantitative estimate of drug-likeness (QED) is 0.426. The highest BCUT2D eigenvalue weighted by molar-refractivity contribution is 6.01. The van der Waals surface area contributed by atoms with Crippen molar-refractivity contribution in [3.05, 3.63) is 0 Å². The summed E-state index contributed by atoms with van der Waals surface area (Å²) in [4.78, 5) is 27.8. The fourth-order valence-corrected chi connectivity index (χ4v) is 1.38. The van der Waals surface area contributed by atoms with E-state index in [0.717, 1.165) is 0 Å². The minimum atomic E-state index is -0.734. The van der Waals surface area contributed by atoms with Gasteiger partial charge in [-0.3, -0.25) is 10.6 Å². The van der Waals surface area contributed by atoms with Crippen LogP contribution < -0.4 is 10.6 Å². The molecule has 0 radical (unpaired) electrons. The van der Waals surface area contributed by atoms with Gasteiger partial charge in [0.15, 0.2) is 0 Å². The molecule has 0 aromatic carbocycles. The standard InChI is InChI=1S/C16H31N3O6/c1-15(2,3)24-13(20)18-12(17-8-9-23-11-10-22-7)19-14(21)25-16(4,5)6/h8-11H2,1-7H3,(H2,17,18,19,20,21). The molecule has 146 valence electrons. The van der Waals surface area contributed by atoms with Gasteiger partial charge in [-0.15, -0.1) is 0 Å². The lowest BCUT2D eigenvalue weighted by molar-refractivity contribution is 0.0544. The van der Waals surface area contributed by atoms with Gasteiger partial charge in [-0.25, -0.2) is 14.6 Å². The third-order valence-electron chi connectivity index (χ3n) is 2.18. The monoisotopic (exact) mass is 361 g/mol. The Morgan fingerprint density at radius 1 is 0.840 bits per heavy atom. The average molecular weight is 361 g/mol. The van der Waals surface area contributed by atoms with Crippen LogP contribution in [0.15, 0.2) is 4.99 Å². The normalized spacial score (nSPS) is 11.5. The fourth-order valence-electron chi connectivity index (χ4n) is 1.38. The minimum Gasteiger partial charge on any atom is -0.444 e. The van der Waals surface area contributed by atoms with Crippen molar-refractivity contribution in [1.82, 2.24) is 10.6 Å². The average Bonchev–Trinajstić information content (AvgIpc) is 2.37. The van der Waals surface area contributed by atoms with Crippen LogP contribution in [-0.2, 0) is 18.9 Å². The summed E-state index contributed by atoms with van der Waals surface area (Å²) in [6.45, 7) is 11.8. The summed E-state index contributed by atoms with van der Waals surface area (Å²) in [6.07, 6.45) is -1.47. The van der Waals surface area contributed by atoms with Crippen LogP contribution in [0.1, 0.15) is 41.5 Å². The predicted molar refractivity (Wildman–Crippen MR) is 93.7 cm³/mol. The van der Waals surface area contributed by atoms with E-state index >= 15 is 0 Å². The molecular weight excluding hydrogens is 330 g/mol. The molecule has 0 rings (SSSR count). The van der Waals surface area contributed by atoms with Crippen LogP contribution in [0.4, 0.5) is 9.59 Å². The van der Waals surface area contributed by atoms with Crippen molar-refractivity contribution in [1.29, 1.82) is 0 Å². The van der Waals surface area contributed by atoms with E-state index in [-0.39, 0.29) is 12.5 Å². The molecule has 2 amide bonds. The van der Waals surface area contributed by atoms with Crippen LogP contribution in [0.2, 0.25) is 0 Å². The molecule has 25 heavy (non-hydrogen) atoms. The van der Waals surface area contributed by atoms with Crippen LogP contribution >= 0.6 is 0 Å².